The van der Waals surface area contributed by atoms with Gasteiger partial charge < -0.3 is 9.84 Å². The third-order valence-electron chi connectivity index (χ3n) is 2.19. The Morgan fingerprint density at radius 2 is 2.19 bits per heavy atom. The van der Waals surface area contributed by atoms with Crippen molar-refractivity contribution in [2.75, 3.05) is 0 Å². The zero-order chi connectivity index (χ0) is 12.1. The summed E-state index contributed by atoms with van der Waals surface area (Å²) in [7, 11) is 0. The molecule has 0 amide bonds. The second-order valence-corrected chi connectivity index (χ2v) is 3.48. The first-order valence-corrected chi connectivity index (χ1v) is 4.93. The zero-order valence-corrected chi connectivity index (χ0v) is 9.18. The summed E-state index contributed by atoms with van der Waals surface area (Å²) in [6.07, 6.45) is -0.808. The van der Waals surface area contributed by atoms with Crippen molar-refractivity contribution in [2.24, 2.45) is 0 Å². The molecule has 0 saturated carbocycles. The standard InChI is InChI=1S/C12H13NO3/c1-8(7-13)16-9(2)10-4-3-5-11(6-10)12(14)15/h3-6,8-9H,1-2H3,(H,14,15). The summed E-state index contributed by atoms with van der Waals surface area (Å²) in [6, 6.07) is 8.48. The minimum Gasteiger partial charge on any atom is -0.478 e. The molecule has 0 aliphatic carbocycles. The molecule has 2 unspecified atom stereocenters. The maximum absolute atomic E-state index is 10.8. The fourth-order valence-corrected chi connectivity index (χ4v) is 1.34. The summed E-state index contributed by atoms with van der Waals surface area (Å²) < 4.78 is 5.37. The van der Waals surface area contributed by atoms with Crippen LogP contribution in [0.5, 0.6) is 0 Å². The highest BCUT2D eigenvalue weighted by Gasteiger charge is 2.12. The van der Waals surface area contributed by atoms with Crippen LogP contribution in [0, 0.1) is 11.3 Å². The van der Waals surface area contributed by atoms with Crippen molar-refractivity contribution in [1.29, 1.82) is 5.26 Å². The average molecular weight is 219 g/mol. The van der Waals surface area contributed by atoms with Crippen LogP contribution in [0.2, 0.25) is 0 Å². The lowest BCUT2D eigenvalue weighted by Crippen LogP contribution is -2.09. The zero-order valence-electron chi connectivity index (χ0n) is 9.18. The van der Waals surface area contributed by atoms with E-state index in [1.54, 1.807) is 32.0 Å². The molecule has 84 valence electrons. The van der Waals surface area contributed by atoms with Gasteiger partial charge in [-0.25, -0.2) is 4.79 Å². The monoisotopic (exact) mass is 219 g/mol. The van der Waals surface area contributed by atoms with Gasteiger partial charge in [0.1, 0.15) is 6.10 Å². The number of carbonyl (C=O) groups is 1. The summed E-state index contributed by atoms with van der Waals surface area (Å²) in [6.45, 7) is 3.44. The molecule has 0 saturated heterocycles. The third kappa shape index (κ3) is 3.07. The van der Waals surface area contributed by atoms with Gasteiger partial charge in [0.05, 0.1) is 17.7 Å². The van der Waals surface area contributed by atoms with Gasteiger partial charge in [-0.3, -0.25) is 0 Å². The molecule has 0 aliphatic rings. The lowest BCUT2D eigenvalue weighted by molar-refractivity contribution is 0.0374. The highest BCUT2D eigenvalue weighted by Crippen LogP contribution is 2.19. The number of ether oxygens (including phenoxy) is 1. The first-order valence-electron chi connectivity index (χ1n) is 4.93. The van der Waals surface area contributed by atoms with Crippen molar-refractivity contribution < 1.29 is 14.6 Å². The van der Waals surface area contributed by atoms with E-state index in [1.807, 2.05) is 6.07 Å². The number of carboxylic acid groups (broad SMARTS) is 1. The number of hydrogen-bond acceptors (Lipinski definition) is 3. The van der Waals surface area contributed by atoms with Crippen molar-refractivity contribution in [3.63, 3.8) is 0 Å². The largest absolute Gasteiger partial charge is 0.478 e. The number of aromatic carboxylic acids is 1. The van der Waals surface area contributed by atoms with E-state index in [4.69, 9.17) is 15.1 Å². The van der Waals surface area contributed by atoms with Crippen LogP contribution in [0.1, 0.15) is 35.9 Å². The molecule has 0 radical (unpaired) electrons. The maximum Gasteiger partial charge on any atom is 0.335 e. The van der Waals surface area contributed by atoms with E-state index in [-0.39, 0.29) is 11.7 Å². The number of hydrogen-bond donors (Lipinski definition) is 1. The summed E-state index contributed by atoms with van der Waals surface area (Å²) in [4.78, 5) is 10.8. The molecule has 1 N–H and O–H groups in total. The van der Waals surface area contributed by atoms with Crippen molar-refractivity contribution in [3.8, 4) is 6.07 Å². The van der Waals surface area contributed by atoms with Crippen LogP contribution in [0.4, 0.5) is 0 Å². The second-order valence-electron chi connectivity index (χ2n) is 3.48. The molecule has 0 aliphatic heterocycles. The van der Waals surface area contributed by atoms with Gasteiger partial charge in [0, 0.05) is 0 Å². The molecule has 1 rings (SSSR count). The van der Waals surface area contributed by atoms with Crippen molar-refractivity contribution in [2.45, 2.75) is 26.1 Å². The predicted octanol–water partition coefficient (Wildman–Crippen LogP) is 2.37. The Labute approximate surface area is 94.1 Å². The Morgan fingerprint density at radius 1 is 1.50 bits per heavy atom. The van der Waals surface area contributed by atoms with Crippen LogP contribution in [-0.2, 0) is 4.74 Å². The lowest BCUT2D eigenvalue weighted by atomic mass is 10.1. The van der Waals surface area contributed by atoms with E-state index in [1.165, 1.54) is 6.07 Å². The summed E-state index contributed by atoms with van der Waals surface area (Å²) in [5, 5.41) is 17.4. The minimum absolute atomic E-state index is 0.220. The number of rotatable bonds is 4. The van der Waals surface area contributed by atoms with Crippen LogP contribution in [0.25, 0.3) is 0 Å². The smallest absolute Gasteiger partial charge is 0.335 e. The summed E-state index contributed by atoms with van der Waals surface area (Å²) >= 11 is 0. The Morgan fingerprint density at radius 3 is 2.75 bits per heavy atom. The highest BCUT2D eigenvalue weighted by atomic mass is 16.5. The normalized spacial score (nSPS) is 13.8. The first-order chi connectivity index (χ1) is 7.54. The van der Waals surface area contributed by atoms with E-state index >= 15 is 0 Å². The molecule has 1 aromatic carbocycles. The fraction of sp³-hybridized carbons (Fsp3) is 0.333. The SMILES string of the molecule is CC(C#N)OC(C)c1cccc(C(=O)O)c1. The summed E-state index contributed by atoms with van der Waals surface area (Å²) in [5.74, 6) is -0.970. The van der Waals surface area contributed by atoms with Crippen molar-refractivity contribution in [3.05, 3.63) is 35.4 Å². The second kappa shape index (κ2) is 5.29. The molecule has 0 aromatic heterocycles. The van der Waals surface area contributed by atoms with E-state index in [0.29, 0.717) is 0 Å². The molecule has 0 fully saturated rings. The van der Waals surface area contributed by atoms with Crippen LogP contribution in [0.15, 0.2) is 24.3 Å². The minimum atomic E-state index is -0.970. The van der Waals surface area contributed by atoms with Crippen LogP contribution >= 0.6 is 0 Å². The molecule has 0 bridgehead atoms. The fourth-order valence-electron chi connectivity index (χ4n) is 1.34. The van der Waals surface area contributed by atoms with Gasteiger partial charge in [-0.2, -0.15) is 5.26 Å². The Bertz CT molecular complexity index is 423. The quantitative estimate of drug-likeness (QED) is 0.843. The number of nitrogens with zero attached hydrogens (tertiary/aromatic N) is 1. The van der Waals surface area contributed by atoms with Gasteiger partial charge in [0.25, 0.3) is 0 Å². The van der Waals surface area contributed by atoms with E-state index < -0.39 is 12.1 Å². The summed E-state index contributed by atoms with van der Waals surface area (Å²) in [5.41, 5.74) is 0.972. The number of benzene rings is 1. The average Bonchev–Trinajstić information content (AvgIpc) is 2.28. The topological polar surface area (TPSA) is 70.3 Å². The third-order valence-corrected chi connectivity index (χ3v) is 2.19. The van der Waals surface area contributed by atoms with E-state index in [2.05, 4.69) is 0 Å². The van der Waals surface area contributed by atoms with Gasteiger partial charge >= 0.3 is 5.97 Å². The van der Waals surface area contributed by atoms with Crippen LogP contribution in [0.3, 0.4) is 0 Å². The molecule has 4 nitrogen and oxygen atoms in total. The predicted molar refractivity (Wildman–Crippen MR) is 58.0 cm³/mol. The molecule has 0 heterocycles. The van der Waals surface area contributed by atoms with Gasteiger partial charge in [0.15, 0.2) is 0 Å². The van der Waals surface area contributed by atoms with Crippen LogP contribution in [-0.4, -0.2) is 17.2 Å². The molecule has 16 heavy (non-hydrogen) atoms. The molecular formula is C12H13NO3. The lowest BCUT2D eigenvalue weighted by Gasteiger charge is -2.15. The number of carboxylic acids is 1. The Hall–Kier alpha value is -1.86. The van der Waals surface area contributed by atoms with E-state index in [0.717, 1.165) is 5.56 Å². The van der Waals surface area contributed by atoms with Crippen LogP contribution < -0.4 is 0 Å². The van der Waals surface area contributed by atoms with Gasteiger partial charge in [-0.15, -0.1) is 0 Å². The molecule has 4 heteroatoms. The highest BCUT2D eigenvalue weighted by molar-refractivity contribution is 5.87. The molecule has 2 atom stereocenters. The van der Waals surface area contributed by atoms with Gasteiger partial charge in [-0.1, -0.05) is 12.1 Å². The van der Waals surface area contributed by atoms with Crippen molar-refractivity contribution >= 4 is 5.97 Å². The van der Waals surface area contributed by atoms with E-state index in [9.17, 15) is 4.79 Å². The van der Waals surface area contributed by atoms with Crippen molar-refractivity contribution in [1.82, 2.24) is 0 Å². The maximum atomic E-state index is 10.8. The number of nitriles is 1. The van der Waals surface area contributed by atoms with Gasteiger partial charge in [0.2, 0.25) is 0 Å². The van der Waals surface area contributed by atoms with Gasteiger partial charge in [-0.05, 0) is 31.5 Å². The first kappa shape index (κ1) is 12.2. The Balaban J connectivity index is 2.84. The molecule has 1 aromatic rings. The Kier molecular flexibility index (Phi) is 4.03. The molecular weight excluding hydrogens is 206 g/mol. The molecule has 0 spiro atoms.